The number of benzene rings is 1. The molecule has 0 spiro atoms. The van der Waals surface area contributed by atoms with Gasteiger partial charge in [0.25, 0.3) is 0 Å². The molecule has 0 aromatic heterocycles. The molecule has 0 heterocycles. The van der Waals surface area contributed by atoms with Crippen molar-refractivity contribution in [2.45, 2.75) is 46.6 Å². The van der Waals surface area contributed by atoms with Crippen molar-refractivity contribution in [3.05, 3.63) is 54.1 Å². The summed E-state index contributed by atoms with van der Waals surface area (Å²) in [6.45, 7) is 12.0. The number of hydrogen-bond donors (Lipinski definition) is 0. The number of anilines is 1. The molecular formula is C18H27N. The van der Waals surface area contributed by atoms with Crippen molar-refractivity contribution in [2.24, 2.45) is 0 Å². The summed E-state index contributed by atoms with van der Waals surface area (Å²) in [4.78, 5) is 2.45. The van der Waals surface area contributed by atoms with E-state index in [4.69, 9.17) is 0 Å². The summed E-state index contributed by atoms with van der Waals surface area (Å²) in [6, 6.07) is 10.6. The number of rotatable bonds is 5. The summed E-state index contributed by atoms with van der Waals surface area (Å²) >= 11 is 0. The second-order valence-corrected chi connectivity index (χ2v) is 5.77. The molecule has 1 aromatic rings. The fraction of sp³-hybridized carbons (Fsp3) is 0.444. The molecule has 0 aliphatic carbocycles. The van der Waals surface area contributed by atoms with Crippen LogP contribution in [0.5, 0.6) is 0 Å². The summed E-state index contributed by atoms with van der Waals surface area (Å²) in [7, 11) is 0. The van der Waals surface area contributed by atoms with Gasteiger partial charge in [0, 0.05) is 17.8 Å². The maximum atomic E-state index is 2.45. The van der Waals surface area contributed by atoms with E-state index in [0.717, 1.165) is 13.0 Å². The first-order valence-corrected chi connectivity index (χ1v) is 7.13. The Kier molecular flexibility index (Phi) is 5.88. The minimum absolute atomic E-state index is 0.107. The van der Waals surface area contributed by atoms with Crippen molar-refractivity contribution in [3.8, 4) is 0 Å². The fourth-order valence-electron chi connectivity index (χ4n) is 2.02. The van der Waals surface area contributed by atoms with Gasteiger partial charge >= 0.3 is 0 Å². The van der Waals surface area contributed by atoms with Crippen molar-refractivity contribution in [1.82, 2.24) is 0 Å². The van der Waals surface area contributed by atoms with Gasteiger partial charge in [-0.15, -0.1) is 0 Å². The number of allylic oxidation sites excluding steroid dienone is 2. The zero-order chi connectivity index (χ0) is 14.3. The highest BCUT2D eigenvalue weighted by Crippen LogP contribution is 2.24. The van der Waals surface area contributed by atoms with Crippen LogP contribution in [0.3, 0.4) is 0 Å². The van der Waals surface area contributed by atoms with Crippen molar-refractivity contribution >= 4 is 5.69 Å². The quantitative estimate of drug-likeness (QED) is 0.655. The maximum absolute atomic E-state index is 2.45. The molecule has 0 unspecified atom stereocenters. The molecule has 0 fully saturated rings. The van der Waals surface area contributed by atoms with Gasteiger partial charge in [-0.2, -0.15) is 0 Å². The van der Waals surface area contributed by atoms with Gasteiger partial charge < -0.3 is 4.90 Å². The molecule has 104 valence electrons. The molecule has 1 nitrogen and oxygen atoms in total. The Morgan fingerprint density at radius 2 is 1.79 bits per heavy atom. The molecule has 0 saturated heterocycles. The topological polar surface area (TPSA) is 3.24 Å². The zero-order valence-corrected chi connectivity index (χ0v) is 13.0. The van der Waals surface area contributed by atoms with Gasteiger partial charge in [-0.1, -0.05) is 43.4 Å². The van der Waals surface area contributed by atoms with Crippen LogP contribution in [-0.2, 0) is 0 Å². The van der Waals surface area contributed by atoms with Gasteiger partial charge in [0.2, 0.25) is 0 Å². The highest BCUT2D eigenvalue weighted by atomic mass is 15.2. The van der Waals surface area contributed by atoms with E-state index in [1.807, 2.05) is 0 Å². The molecule has 19 heavy (non-hydrogen) atoms. The highest BCUT2D eigenvalue weighted by Gasteiger charge is 2.21. The molecule has 1 rings (SSSR count). The van der Waals surface area contributed by atoms with Crippen molar-refractivity contribution in [3.63, 3.8) is 0 Å². The first-order valence-electron chi connectivity index (χ1n) is 7.13. The molecular weight excluding hydrogens is 230 g/mol. The molecule has 0 radical (unpaired) electrons. The van der Waals surface area contributed by atoms with Gasteiger partial charge in [0.1, 0.15) is 0 Å². The first kappa shape index (κ1) is 15.6. The maximum Gasteiger partial charge on any atom is 0.0431 e. The lowest BCUT2D eigenvalue weighted by Crippen LogP contribution is -2.42. The van der Waals surface area contributed by atoms with Gasteiger partial charge in [-0.3, -0.25) is 0 Å². The largest absolute Gasteiger partial charge is 0.362 e. The minimum atomic E-state index is 0.107. The Bertz CT molecular complexity index is 421. The summed E-state index contributed by atoms with van der Waals surface area (Å²) in [5.74, 6) is 0. The van der Waals surface area contributed by atoms with Crippen LogP contribution >= 0.6 is 0 Å². The molecule has 1 aromatic carbocycles. The van der Waals surface area contributed by atoms with E-state index in [-0.39, 0.29) is 5.54 Å². The lowest BCUT2D eigenvalue weighted by atomic mass is 10.0. The number of para-hydroxylation sites is 1. The molecule has 0 saturated carbocycles. The Morgan fingerprint density at radius 3 is 2.26 bits per heavy atom. The summed E-state index contributed by atoms with van der Waals surface area (Å²) in [6.07, 6.45) is 7.74. The molecule has 0 atom stereocenters. The SMILES string of the molecule is C/C=C(\C=C/CC)CN(c1ccccc1)C(C)(C)C. The van der Waals surface area contributed by atoms with E-state index >= 15 is 0 Å². The summed E-state index contributed by atoms with van der Waals surface area (Å²) < 4.78 is 0. The van der Waals surface area contributed by atoms with E-state index < -0.39 is 0 Å². The van der Waals surface area contributed by atoms with Crippen molar-refractivity contribution in [2.75, 3.05) is 11.4 Å². The van der Waals surface area contributed by atoms with Gasteiger partial charge in [-0.25, -0.2) is 0 Å². The third kappa shape index (κ3) is 4.94. The van der Waals surface area contributed by atoms with Gasteiger partial charge in [0.15, 0.2) is 0 Å². The third-order valence-corrected chi connectivity index (χ3v) is 3.16. The van der Waals surface area contributed by atoms with Crippen LogP contribution in [0.15, 0.2) is 54.1 Å². The monoisotopic (exact) mass is 257 g/mol. The van der Waals surface area contributed by atoms with Gasteiger partial charge in [0.05, 0.1) is 0 Å². The summed E-state index contributed by atoms with van der Waals surface area (Å²) in [5, 5.41) is 0. The Morgan fingerprint density at radius 1 is 1.16 bits per heavy atom. The zero-order valence-electron chi connectivity index (χ0n) is 13.0. The number of nitrogens with zero attached hydrogens (tertiary/aromatic N) is 1. The predicted octanol–water partition coefficient (Wildman–Crippen LogP) is 5.20. The molecule has 0 aliphatic rings. The van der Waals surface area contributed by atoms with Crippen LogP contribution < -0.4 is 4.90 Å². The molecule has 0 N–H and O–H groups in total. The van der Waals surface area contributed by atoms with E-state index in [9.17, 15) is 0 Å². The smallest absolute Gasteiger partial charge is 0.0431 e. The molecule has 0 bridgehead atoms. The van der Waals surface area contributed by atoms with Crippen LogP contribution in [0.25, 0.3) is 0 Å². The van der Waals surface area contributed by atoms with E-state index in [1.165, 1.54) is 11.3 Å². The minimum Gasteiger partial charge on any atom is -0.362 e. The standard InChI is InChI=1S/C18H27N/c1-6-8-12-16(7-2)15-19(18(3,4)5)17-13-10-9-11-14-17/h7-14H,6,15H2,1-5H3/b12-8-,16-7+. The van der Waals surface area contributed by atoms with Crippen LogP contribution in [0.4, 0.5) is 5.69 Å². The second kappa shape index (κ2) is 7.18. The van der Waals surface area contributed by atoms with E-state index in [0.29, 0.717) is 0 Å². The summed E-state index contributed by atoms with van der Waals surface area (Å²) in [5.41, 5.74) is 2.75. The second-order valence-electron chi connectivity index (χ2n) is 5.77. The lowest BCUT2D eigenvalue weighted by molar-refractivity contribution is 0.519. The Labute approximate surface area is 118 Å². The van der Waals surface area contributed by atoms with Crippen molar-refractivity contribution in [1.29, 1.82) is 0 Å². The van der Waals surface area contributed by atoms with Crippen LogP contribution in [0.2, 0.25) is 0 Å². The van der Waals surface area contributed by atoms with Gasteiger partial charge in [-0.05, 0) is 51.8 Å². The van der Waals surface area contributed by atoms with Crippen molar-refractivity contribution < 1.29 is 0 Å². The van der Waals surface area contributed by atoms with Crippen LogP contribution in [0, 0.1) is 0 Å². The lowest BCUT2D eigenvalue weighted by Gasteiger charge is -2.38. The fourth-order valence-corrected chi connectivity index (χ4v) is 2.02. The molecule has 0 aliphatic heterocycles. The Hall–Kier alpha value is -1.50. The predicted molar refractivity (Wildman–Crippen MR) is 86.7 cm³/mol. The van der Waals surface area contributed by atoms with Crippen LogP contribution in [0.1, 0.15) is 41.0 Å². The molecule has 1 heteroatoms. The average molecular weight is 257 g/mol. The third-order valence-electron chi connectivity index (χ3n) is 3.16. The molecule has 0 amide bonds. The number of hydrogen-bond acceptors (Lipinski definition) is 1. The average Bonchev–Trinajstić information content (AvgIpc) is 2.38. The van der Waals surface area contributed by atoms with Crippen LogP contribution in [-0.4, -0.2) is 12.1 Å². The van der Waals surface area contributed by atoms with E-state index in [2.05, 4.69) is 88.1 Å². The highest BCUT2D eigenvalue weighted by molar-refractivity contribution is 5.50. The Balaban J connectivity index is 2.97. The first-order chi connectivity index (χ1) is 8.99. The normalized spacial score (nSPS) is 13.0. The van der Waals surface area contributed by atoms with E-state index in [1.54, 1.807) is 0 Å².